The summed E-state index contributed by atoms with van der Waals surface area (Å²) in [7, 11) is 0. The van der Waals surface area contributed by atoms with Crippen LogP contribution in [0.3, 0.4) is 0 Å². The number of aromatic amines is 1. The van der Waals surface area contributed by atoms with E-state index in [0.29, 0.717) is 18.1 Å². The first-order valence-electron chi connectivity index (χ1n) is 6.94. The second-order valence-electron chi connectivity index (χ2n) is 5.98. The molecular formula is C14H21N3O3. The van der Waals surface area contributed by atoms with Gasteiger partial charge in [-0.25, -0.2) is 4.98 Å². The fourth-order valence-electron chi connectivity index (χ4n) is 2.66. The van der Waals surface area contributed by atoms with E-state index in [0.717, 1.165) is 12.8 Å². The first-order valence-corrected chi connectivity index (χ1v) is 6.94. The van der Waals surface area contributed by atoms with Crippen molar-refractivity contribution >= 4 is 11.8 Å². The van der Waals surface area contributed by atoms with Crippen LogP contribution in [0, 0.1) is 5.41 Å². The number of nitrogens with one attached hydrogen (secondary N) is 2. The molecule has 20 heavy (non-hydrogen) atoms. The summed E-state index contributed by atoms with van der Waals surface area (Å²) in [5.41, 5.74) is -1.02. The Kier molecular flexibility index (Phi) is 3.83. The average molecular weight is 279 g/mol. The summed E-state index contributed by atoms with van der Waals surface area (Å²) in [6, 6.07) is 1.18. The summed E-state index contributed by atoms with van der Waals surface area (Å²) in [6.07, 6.45) is 2.27. The van der Waals surface area contributed by atoms with Gasteiger partial charge in [-0.1, -0.05) is 20.3 Å². The number of aliphatic carboxylic acids is 1. The number of hydrogen-bond donors (Lipinski definition) is 3. The van der Waals surface area contributed by atoms with E-state index in [1.807, 2.05) is 13.8 Å². The van der Waals surface area contributed by atoms with Crippen LogP contribution < -0.4 is 10.9 Å². The average Bonchev–Trinajstić information content (AvgIpc) is 2.71. The fraction of sp³-hybridized carbons (Fsp3) is 0.643. The highest BCUT2D eigenvalue weighted by atomic mass is 16.4. The lowest BCUT2D eigenvalue weighted by Crippen LogP contribution is -2.40. The first-order chi connectivity index (χ1) is 9.33. The van der Waals surface area contributed by atoms with Crippen molar-refractivity contribution in [2.24, 2.45) is 5.41 Å². The van der Waals surface area contributed by atoms with Gasteiger partial charge in [0.2, 0.25) is 0 Å². The minimum Gasteiger partial charge on any atom is -0.481 e. The Morgan fingerprint density at radius 3 is 2.90 bits per heavy atom. The zero-order chi connectivity index (χ0) is 14.9. The van der Waals surface area contributed by atoms with Crippen molar-refractivity contribution < 1.29 is 9.90 Å². The van der Waals surface area contributed by atoms with Crippen LogP contribution in [0.2, 0.25) is 0 Å². The van der Waals surface area contributed by atoms with Crippen molar-refractivity contribution in [1.29, 1.82) is 0 Å². The summed E-state index contributed by atoms with van der Waals surface area (Å²) < 4.78 is 0. The third-order valence-corrected chi connectivity index (χ3v) is 4.08. The molecule has 2 unspecified atom stereocenters. The largest absolute Gasteiger partial charge is 0.481 e. The van der Waals surface area contributed by atoms with E-state index < -0.39 is 11.4 Å². The van der Waals surface area contributed by atoms with Gasteiger partial charge < -0.3 is 15.4 Å². The Morgan fingerprint density at radius 1 is 1.60 bits per heavy atom. The van der Waals surface area contributed by atoms with Crippen molar-refractivity contribution in [2.75, 3.05) is 5.32 Å². The molecule has 1 aromatic rings. The minimum absolute atomic E-state index is 0.110. The number of nitrogens with zero attached hydrogens (tertiary/aromatic N) is 1. The van der Waals surface area contributed by atoms with Gasteiger partial charge in [-0.3, -0.25) is 9.59 Å². The van der Waals surface area contributed by atoms with E-state index in [1.165, 1.54) is 6.07 Å². The van der Waals surface area contributed by atoms with E-state index in [2.05, 4.69) is 15.3 Å². The molecule has 2 rings (SSSR count). The SMILES string of the molecule is CC(C)c1nc(NC2CCCC2(C)C(=O)O)cc(=O)[nH]1. The van der Waals surface area contributed by atoms with Crippen molar-refractivity contribution in [3.05, 3.63) is 22.2 Å². The number of H-pyrrole nitrogens is 1. The normalized spacial score (nSPS) is 25.9. The third-order valence-electron chi connectivity index (χ3n) is 4.08. The topological polar surface area (TPSA) is 95.1 Å². The van der Waals surface area contributed by atoms with Crippen LogP contribution in [-0.2, 0) is 4.79 Å². The van der Waals surface area contributed by atoms with Gasteiger partial charge in [0.25, 0.3) is 5.56 Å². The van der Waals surface area contributed by atoms with Crippen molar-refractivity contribution in [3.63, 3.8) is 0 Å². The van der Waals surface area contributed by atoms with Crippen molar-refractivity contribution in [3.8, 4) is 0 Å². The number of aromatic nitrogens is 2. The molecule has 0 aliphatic heterocycles. The van der Waals surface area contributed by atoms with Gasteiger partial charge in [0.1, 0.15) is 11.6 Å². The van der Waals surface area contributed by atoms with Gasteiger partial charge >= 0.3 is 5.97 Å². The molecule has 1 saturated carbocycles. The molecule has 6 heteroatoms. The van der Waals surface area contributed by atoms with E-state index in [9.17, 15) is 14.7 Å². The highest BCUT2D eigenvalue weighted by Gasteiger charge is 2.45. The second-order valence-corrected chi connectivity index (χ2v) is 5.98. The lowest BCUT2D eigenvalue weighted by molar-refractivity contribution is -0.147. The molecule has 1 fully saturated rings. The lowest BCUT2D eigenvalue weighted by atomic mass is 9.85. The molecular weight excluding hydrogens is 258 g/mol. The number of carboxylic acids is 1. The molecule has 1 aliphatic carbocycles. The molecule has 0 aromatic carbocycles. The van der Waals surface area contributed by atoms with Crippen LogP contribution in [0.25, 0.3) is 0 Å². The highest BCUT2D eigenvalue weighted by molar-refractivity contribution is 5.76. The molecule has 2 atom stereocenters. The molecule has 0 radical (unpaired) electrons. The van der Waals surface area contributed by atoms with Gasteiger partial charge in [0, 0.05) is 18.0 Å². The van der Waals surface area contributed by atoms with Crippen molar-refractivity contribution in [2.45, 2.75) is 52.0 Å². The van der Waals surface area contributed by atoms with E-state index in [-0.39, 0.29) is 17.5 Å². The summed E-state index contributed by atoms with van der Waals surface area (Å²) in [5, 5.41) is 12.5. The van der Waals surface area contributed by atoms with Crippen LogP contribution in [0.5, 0.6) is 0 Å². The van der Waals surface area contributed by atoms with Crippen LogP contribution in [0.4, 0.5) is 5.82 Å². The predicted octanol–water partition coefficient (Wildman–Crippen LogP) is 1.95. The number of rotatable bonds is 4. The summed E-state index contributed by atoms with van der Waals surface area (Å²) in [5.74, 6) is 0.368. The summed E-state index contributed by atoms with van der Waals surface area (Å²) >= 11 is 0. The standard InChI is InChI=1S/C14H21N3O3/c1-8(2)12-16-10(7-11(18)17-12)15-9-5-4-6-14(9,3)13(19)20/h7-9H,4-6H2,1-3H3,(H,19,20)(H2,15,16,17,18). The van der Waals surface area contributed by atoms with Gasteiger partial charge in [-0.2, -0.15) is 0 Å². The number of carboxylic acid groups (broad SMARTS) is 1. The second kappa shape index (κ2) is 5.26. The number of carbonyl (C=O) groups is 1. The van der Waals surface area contributed by atoms with Gasteiger partial charge in [0.05, 0.1) is 5.41 Å². The molecule has 6 nitrogen and oxygen atoms in total. The van der Waals surface area contributed by atoms with Crippen LogP contribution in [-0.4, -0.2) is 27.1 Å². The van der Waals surface area contributed by atoms with Crippen molar-refractivity contribution in [1.82, 2.24) is 9.97 Å². The Hall–Kier alpha value is -1.85. The zero-order valence-electron chi connectivity index (χ0n) is 12.1. The molecule has 1 heterocycles. The molecule has 0 bridgehead atoms. The molecule has 0 saturated heterocycles. The van der Waals surface area contributed by atoms with Gasteiger partial charge in [-0.05, 0) is 19.8 Å². The Bertz CT molecular complexity index is 567. The third kappa shape index (κ3) is 2.69. The summed E-state index contributed by atoms with van der Waals surface area (Å²) in [4.78, 5) is 30.1. The molecule has 1 aliphatic rings. The minimum atomic E-state index is -0.804. The van der Waals surface area contributed by atoms with E-state index in [4.69, 9.17) is 0 Å². The Labute approximate surface area is 117 Å². The maximum atomic E-state index is 11.6. The molecule has 1 aromatic heterocycles. The number of anilines is 1. The molecule has 3 N–H and O–H groups in total. The van der Waals surface area contributed by atoms with Crippen LogP contribution in [0.1, 0.15) is 51.8 Å². The Balaban J connectivity index is 2.26. The zero-order valence-corrected chi connectivity index (χ0v) is 12.1. The predicted molar refractivity (Wildman–Crippen MR) is 76.0 cm³/mol. The summed E-state index contributed by atoms with van der Waals surface area (Å²) in [6.45, 7) is 5.63. The monoisotopic (exact) mass is 279 g/mol. The first kappa shape index (κ1) is 14.6. The van der Waals surface area contributed by atoms with Gasteiger partial charge in [0.15, 0.2) is 0 Å². The smallest absolute Gasteiger partial charge is 0.311 e. The molecule has 0 amide bonds. The van der Waals surface area contributed by atoms with Crippen LogP contribution >= 0.6 is 0 Å². The number of hydrogen-bond acceptors (Lipinski definition) is 4. The van der Waals surface area contributed by atoms with E-state index >= 15 is 0 Å². The molecule has 110 valence electrons. The van der Waals surface area contributed by atoms with Gasteiger partial charge in [-0.15, -0.1) is 0 Å². The highest BCUT2D eigenvalue weighted by Crippen LogP contribution is 2.39. The lowest BCUT2D eigenvalue weighted by Gasteiger charge is -2.28. The molecule has 0 spiro atoms. The maximum Gasteiger partial charge on any atom is 0.311 e. The Morgan fingerprint density at radius 2 is 2.30 bits per heavy atom. The maximum absolute atomic E-state index is 11.6. The fourth-order valence-corrected chi connectivity index (χ4v) is 2.66. The quantitative estimate of drug-likeness (QED) is 0.783. The van der Waals surface area contributed by atoms with E-state index in [1.54, 1.807) is 6.92 Å². The van der Waals surface area contributed by atoms with Crippen LogP contribution in [0.15, 0.2) is 10.9 Å².